The summed E-state index contributed by atoms with van der Waals surface area (Å²) < 4.78 is 5.97. The van der Waals surface area contributed by atoms with Crippen molar-refractivity contribution < 1.29 is 26.5 Å². The summed E-state index contributed by atoms with van der Waals surface area (Å²) in [6, 6.07) is 1.41. The van der Waals surface area contributed by atoms with Crippen LogP contribution in [0.4, 0.5) is 0 Å². The Hall–Kier alpha value is 0.851. The van der Waals surface area contributed by atoms with E-state index in [-0.39, 0.29) is 55.1 Å². The van der Waals surface area contributed by atoms with Gasteiger partial charge in [0.1, 0.15) is 0 Å². The molecule has 3 aliphatic carbocycles. The molecule has 6 atom stereocenters. The fourth-order valence-electron chi connectivity index (χ4n) is 9.58. The fourth-order valence-corrected chi connectivity index (χ4v) is 15.4. The molecule has 0 aromatic rings. The zero-order chi connectivity index (χ0) is 28.4. The molecule has 0 amide bonds. The van der Waals surface area contributed by atoms with Crippen LogP contribution >= 0.6 is 0 Å². The van der Waals surface area contributed by atoms with E-state index in [1.165, 1.54) is 83.1 Å². The van der Waals surface area contributed by atoms with Crippen molar-refractivity contribution in [2.24, 2.45) is 40.9 Å². The van der Waals surface area contributed by atoms with E-state index >= 15 is 0 Å². The summed E-state index contributed by atoms with van der Waals surface area (Å²) >= 11 is 0. The summed E-state index contributed by atoms with van der Waals surface area (Å²) in [5, 5.41) is 0. The van der Waals surface area contributed by atoms with Crippen molar-refractivity contribution in [2.45, 2.75) is 176 Å². The van der Waals surface area contributed by atoms with E-state index in [2.05, 4.69) is 75.8 Å². The van der Waals surface area contributed by atoms with Gasteiger partial charge in [0.05, 0.1) is 5.60 Å². The Morgan fingerprint density at radius 2 is 1.26 bits per heavy atom. The molecule has 0 N–H and O–H groups in total. The molecule has 0 saturated heterocycles. The minimum atomic E-state index is -1.74. The van der Waals surface area contributed by atoms with Crippen molar-refractivity contribution in [2.75, 3.05) is 6.61 Å². The van der Waals surface area contributed by atoms with Gasteiger partial charge in [0, 0.05) is 6.61 Å². The summed E-state index contributed by atoms with van der Waals surface area (Å²) in [6.45, 7) is 27.3. The number of rotatable bonds is 10. The minimum absolute atomic E-state index is 0. The second-order valence-electron chi connectivity index (χ2n) is 17.4. The molecule has 0 radical (unpaired) electrons. The van der Waals surface area contributed by atoms with Gasteiger partial charge in [-0.15, -0.1) is 5.54 Å². The Bertz CT molecular complexity index is 714. The Morgan fingerprint density at radius 3 is 1.79 bits per heavy atom. The van der Waals surface area contributed by atoms with Crippen molar-refractivity contribution in [3.8, 4) is 0 Å². The van der Waals surface area contributed by atoms with E-state index in [4.69, 9.17) is 9.72 Å². The van der Waals surface area contributed by atoms with Crippen molar-refractivity contribution in [3.63, 3.8) is 0 Å². The summed E-state index contributed by atoms with van der Waals surface area (Å²) in [5.41, 5.74) is 1.49. The summed E-state index contributed by atoms with van der Waals surface area (Å²) in [4.78, 5) is 5.82. The Kier molecular flexibility index (Phi) is 19.5. The van der Waals surface area contributed by atoms with E-state index in [1.807, 2.05) is 0 Å². The average molecular weight is 640 g/mol. The van der Waals surface area contributed by atoms with Crippen molar-refractivity contribution >= 4 is 8.24 Å². The first-order valence-corrected chi connectivity index (χ1v) is 19.6. The monoisotopic (exact) mass is 640 g/mol. The molecule has 0 heterocycles. The third-order valence-electron chi connectivity index (χ3n) is 10.9. The molecule has 0 bridgehead atoms. The van der Waals surface area contributed by atoms with Crippen LogP contribution in [-0.4, -0.2) is 26.0 Å². The molecule has 3 rings (SSSR count). The Balaban J connectivity index is 0. The van der Waals surface area contributed by atoms with Gasteiger partial charge in [0.15, 0.2) is 0 Å². The van der Waals surface area contributed by atoms with Gasteiger partial charge in [0.25, 0.3) is 0 Å². The maximum Gasteiger partial charge on any atom is 4.00 e. The molecule has 0 aromatic heterocycles. The summed E-state index contributed by atoms with van der Waals surface area (Å²) in [5.74, 6) is 5.80. The molecule has 6 unspecified atom stereocenters. The van der Waals surface area contributed by atoms with E-state index in [1.54, 1.807) is 0 Å². The number of hydrogen-bond acceptors (Lipinski definition) is 1. The van der Waals surface area contributed by atoms with Crippen LogP contribution < -0.4 is 0 Å². The van der Waals surface area contributed by atoms with Gasteiger partial charge < -0.3 is 32.0 Å². The van der Waals surface area contributed by atoms with Crippen LogP contribution in [0.15, 0.2) is 0 Å². The van der Waals surface area contributed by atoms with E-state index in [0.717, 1.165) is 47.7 Å². The van der Waals surface area contributed by atoms with Crippen LogP contribution in [0.1, 0.15) is 146 Å². The largest absolute Gasteiger partial charge is 4.00 e. The molecule has 4 heteroatoms. The first-order valence-electron chi connectivity index (χ1n) is 16.9. The summed E-state index contributed by atoms with van der Waals surface area (Å²) in [6.07, 6.45) is 17.2. The molecule has 0 aromatic carbocycles. The predicted molar refractivity (Wildman–Crippen MR) is 190 cm³/mol. The van der Waals surface area contributed by atoms with E-state index in [0.29, 0.717) is 5.41 Å². The molecule has 3 fully saturated rings. The molecule has 0 aliphatic heterocycles. The zero-order valence-corrected chi connectivity index (χ0v) is 33.9. The van der Waals surface area contributed by atoms with Gasteiger partial charge in [0.2, 0.25) is 0 Å². The van der Waals surface area contributed by atoms with Crippen LogP contribution in [0.25, 0.3) is 4.98 Å². The third kappa shape index (κ3) is 12.9. The quantitative estimate of drug-likeness (QED) is 0.132. The predicted octanol–water partition coefficient (Wildman–Crippen LogP) is 12.8. The molecule has 3 saturated carbocycles. The van der Waals surface area contributed by atoms with Crippen molar-refractivity contribution in [3.05, 3.63) is 27.3 Å². The van der Waals surface area contributed by atoms with E-state index < -0.39 is 8.24 Å². The summed E-state index contributed by atoms with van der Waals surface area (Å²) in [7, 11) is -1.74. The number of fused-ring (bicyclic) bond motifs is 1. The van der Waals surface area contributed by atoms with Gasteiger partial charge in [-0.05, 0) is 107 Å². The third-order valence-corrected chi connectivity index (χ3v) is 15.9. The van der Waals surface area contributed by atoms with Crippen LogP contribution in [0, 0.1) is 63.2 Å². The second-order valence-corrected chi connectivity index (χ2v) is 21.5. The van der Waals surface area contributed by atoms with Gasteiger partial charge in [-0.25, -0.2) is 0 Å². The number of ether oxygens (including phenoxy) is 1. The molecule has 248 valence electrons. The Morgan fingerprint density at radius 1 is 0.714 bits per heavy atom. The molecule has 0 spiro atoms. The second kappa shape index (κ2) is 18.3. The SMILES string of the molecule is CC1CC2C(C3CCC(C(C)(C)C)CC3)CCCC2C1[Si](C)(CCCCCCOC(C)(C)C)[N-]C(C)(C)C.[CH3-].[CH3-].[CH3-].[Ti+4]. The van der Waals surface area contributed by atoms with Crippen LogP contribution in [0.5, 0.6) is 0 Å². The number of unbranched alkanes of at least 4 members (excludes halogenated alkanes) is 3. The molecular formula is C38H77NOSiTi. The van der Waals surface area contributed by atoms with Crippen LogP contribution in [0.3, 0.4) is 0 Å². The fraction of sp³-hybridized carbons (Fsp3) is 0.921. The van der Waals surface area contributed by atoms with Gasteiger partial charge in [-0.3, -0.25) is 0 Å². The zero-order valence-electron chi connectivity index (χ0n) is 31.3. The van der Waals surface area contributed by atoms with Gasteiger partial charge in [-0.1, -0.05) is 107 Å². The van der Waals surface area contributed by atoms with Crippen LogP contribution in [-0.2, 0) is 26.5 Å². The van der Waals surface area contributed by atoms with Gasteiger partial charge >= 0.3 is 21.7 Å². The maximum absolute atomic E-state index is 5.97. The number of nitrogens with zero attached hydrogens (tertiary/aromatic N) is 1. The minimum Gasteiger partial charge on any atom is -0.659 e. The van der Waals surface area contributed by atoms with Crippen molar-refractivity contribution in [1.82, 2.24) is 0 Å². The molecule has 42 heavy (non-hydrogen) atoms. The maximum atomic E-state index is 5.97. The standard InChI is InChI=1S/C35H68NOSi.3CH3.Ti/c1-26-25-31-29(27-19-21-28(22-20-27)33(2,3)4)17-16-18-30(31)32(26)38(11,36-34(5,6)7)24-15-13-12-14-23-37-35(8,9)10;;;;/h26-32H,12-25H2,1-11H3;3*1H3;/q4*-1;+4. The molecular weight excluding hydrogens is 562 g/mol. The normalized spacial score (nSPS) is 31.4. The smallest absolute Gasteiger partial charge is 0.659 e. The molecule has 3 aliphatic rings. The van der Waals surface area contributed by atoms with E-state index in [9.17, 15) is 0 Å². The van der Waals surface area contributed by atoms with Crippen molar-refractivity contribution in [1.29, 1.82) is 0 Å². The first kappa shape index (κ1) is 45.0. The number of hydrogen-bond donors (Lipinski definition) is 0. The Labute approximate surface area is 283 Å². The van der Waals surface area contributed by atoms with Crippen LogP contribution in [0.2, 0.25) is 18.1 Å². The topological polar surface area (TPSA) is 23.3 Å². The first-order chi connectivity index (χ1) is 17.5. The average Bonchev–Trinajstić information content (AvgIpc) is 3.12. The molecule has 2 nitrogen and oxygen atoms in total. The van der Waals surface area contributed by atoms with Gasteiger partial charge in [-0.2, -0.15) is 0 Å².